The van der Waals surface area contributed by atoms with E-state index in [1.54, 1.807) is 32.6 Å². The molecule has 6 aliphatic heterocycles. The highest BCUT2D eigenvalue weighted by Crippen LogP contribution is 2.39. The summed E-state index contributed by atoms with van der Waals surface area (Å²) in [7, 11) is 0. The topological polar surface area (TPSA) is 572 Å². The molecule has 0 aromatic carbocycles. The molecule has 3 aromatic rings. The Hall–Kier alpha value is -6.90. The molecule has 5 saturated heterocycles. The van der Waals surface area contributed by atoms with Gasteiger partial charge in [0.2, 0.25) is 23.6 Å². The number of nitrogens with zero attached hydrogens (tertiary/aromatic N) is 10. The Morgan fingerprint density at radius 3 is 1.34 bits per heavy atom. The first-order valence-electron chi connectivity index (χ1n) is 42.5. The number of ether oxygens (including phenoxy) is 20. The highest BCUT2D eigenvalue weighted by molar-refractivity contribution is 6.12. The summed E-state index contributed by atoms with van der Waals surface area (Å²) in [4.78, 5) is 74.9. The zero-order valence-corrected chi connectivity index (χ0v) is 71.5. The molecule has 9 rings (SSSR count). The lowest BCUT2D eigenvalue weighted by molar-refractivity contribution is -0.297. The van der Waals surface area contributed by atoms with Crippen LogP contribution in [0.25, 0.3) is 0 Å². The smallest absolute Gasteiger partial charge is 0.253 e. The van der Waals surface area contributed by atoms with Crippen molar-refractivity contribution in [2.75, 3.05) is 205 Å². The standard InChI is InChI=1S/C78H128N14O33/c1-55(93)80-66-68(100)71(103)75(3,124-73(66)105)47-115-37-34-112-31-28-109-25-22-106-19-16-89-41-57(83-86-89)44-118-48-76(82-62(97)11-6-4-8-14-79-61(96)10-7-5-9-15-92-63(98)12-13-64(92)99,49-119-45-58-42-90(87-84-58)17-20-107-23-26-110-29-32-113-35-38-116-51-77-53-121-65(123-77)40-60(95)70(77)102)50-120-46-59-43-91(88-85-59)18-21-108-24-27-111-30-33-114-36-39-117-52-78-54-122-74(125-78)67(81-56(2)94)69(101)72(78)104/h12-13,41-43,60,65-74,95,100-105H,4-11,14-40,44-54H2,1-3H3,(H,79,96)(H,80,93)(H,81,94)(H,82,97). The summed E-state index contributed by atoms with van der Waals surface area (Å²) in [6, 6.07) is -2.12. The zero-order chi connectivity index (χ0) is 89.1. The van der Waals surface area contributed by atoms with Gasteiger partial charge < -0.3 is 152 Å². The van der Waals surface area contributed by atoms with Gasteiger partial charge in [-0.15, -0.1) is 15.3 Å². The summed E-state index contributed by atoms with van der Waals surface area (Å²) in [5, 5.41) is 110. The van der Waals surface area contributed by atoms with Crippen LogP contribution in [0, 0.1) is 0 Å². The SMILES string of the molecule is CC(=O)NC1C(O)OC(C)(COCCOCCOCCOCCn2cc(COCC(COCc3cn(CCOCCOCCOCCOCC45COC(CC(O)C4O)O5)nn3)(COCc3cn(CCOCCOCCOCCOCC45COC(O4)C(NC(C)=O)C(O)C5O)nn3)NC(=O)CCCCCNC(=O)CCCCCN3C(=O)C=CC3=O)nn2)C(O)C1O. The third-order valence-electron chi connectivity index (χ3n) is 20.8. The number of hydrogen-bond donors (Lipinski definition) is 11. The molecular weight excluding hydrogens is 1660 g/mol. The number of unbranched alkanes of at least 4 members (excludes halogenated alkanes) is 4. The Labute approximate surface area is 723 Å². The van der Waals surface area contributed by atoms with Crippen molar-refractivity contribution in [3.63, 3.8) is 0 Å². The first-order valence-corrected chi connectivity index (χ1v) is 42.5. The van der Waals surface area contributed by atoms with Crippen LogP contribution >= 0.6 is 0 Å². The zero-order valence-electron chi connectivity index (χ0n) is 71.5. The molecule has 708 valence electrons. The van der Waals surface area contributed by atoms with E-state index in [0.717, 1.165) is 0 Å². The summed E-state index contributed by atoms with van der Waals surface area (Å²) in [6.07, 6.45) is 1.08. The number of fused-ring (bicyclic) bond motifs is 4. The molecule has 11 N–H and O–H groups in total. The third-order valence-corrected chi connectivity index (χ3v) is 20.8. The lowest BCUT2D eigenvalue weighted by Crippen LogP contribution is -2.68. The van der Waals surface area contributed by atoms with E-state index in [4.69, 9.17) is 94.7 Å². The van der Waals surface area contributed by atoms with E-state index in [9.17, 15) is 64.5 Å². The number of aliphatic hydroxyl groups is 7. The fourth-order valence-electron chi connectivity index (χ4n) is 14.1. The molecule has 0 saturated carbocycles. The van der Waals surface area contributed by atoms with Crippen molar-refractivity contribution >= 4 is 35.4 Å². The maximum Gasteiger partial charge on any atom is 0.253 e. The Morgan fingerprint density at radius 1 is 0.456 bits per heavy atom. The van der Waals surface area contributed by atoms with Crippen LogP contribution in [0.5, 0.6) is 0 Å². The number of aliphatic hydroxyl groups excluding tert-OH is 7. The van der Waals surface area contributed by atoms with Gasteiger partial charge in [0, 0.05) is 58.4 Å². The monoisotopic (exact) mass is 1790 g/mol. The van der Waals surface area contributed by atoms with Crippen molar-refractivity contribution in [3.05, 3.63) is 47.8 Å². The third kappa shape index (κ3) is 34.5. The Balaban J connectivity index is 0.707. The maximum absolute atomic E-state index is 14.2. The number of rotatable bonds is 69. The quantitative estimate of drug-likeness (QED) is 0.0186. The summed E-state index contributed by atoms with van der Waals surface area (Å²) in [6.45, 7) is 10.8. The normalized spacial score (nSPS) is 25.7. The van der Waals surface area contributed by atoms with Crippen LogP contribution < -0.4 is 21.3 Å². The summed E-state index contributed by atoms with van der Waals surface area (Å²) >= 11 is 0. The van der Waals surface area contributed by atoms with E-state index >= 15 is 0 Å². The van der Waals surface area contributed by atoms with Gasteiger partial charge in [0.05, 0.1) is 256 Å². The predicted octanol–water partition coefficient (Wildman–Crippen LogP) is -5.45. The van der Waals surface area contributed by atoms with E-state index < -0.39 is 102 Å². The van der Waals surface area contributed by atoms with Crippen molar-refractivity contribution in [2.24, 2.45) is 0 Å². The van der Waals surface area contributed by atoms with Crippen LogP contribution in [0.3, 0.4) is 0 Å². The second kappa shape index (κ2) is 54.6. The van der Waals surface area contributed by atoms with Gasteiger partial charge in [0.1, 0.15) is 82.0 Å². The molecular formula is C78H128N14O33. The van der Waals surface area contributed by atoms with Crippen molar-refractivity contribution in [3.8, 4) is 0 Å². The number of aromatic nitrogens is 9. The lowest BCUT2D eigenvalue weighted by atomic mass is 9.87. The van der Waals surface area contributed by atoms with E-state index in [-0.39, 0.29) is 202 Å². The molecule has 15 atom stereocenters. The Kier molecular flexibility index (Phi) is 44.4. The van der Waals surface area contributed by atoms with Crippen LogP contribution in [-0.2, 0) is 163 Å². The summed E-state index contributed by atoms with van der Waals surface area (Å²) in [5.41, 5.74) is -3.72. The van der Waals surface area contributed by atoms with Crippen LogP contribution in [0.1, 0.15) is 95.6 Å². The summed E-state index contributed by atoms with van der Waals surface area (Å²) < 4.78 is 120. The number of imide groups is 1. The van der Waals surface area contributed by atoms with E-state index in [1.807, 2.05) is 0 Å². The van der Waals surface area contributed by atoms with Gasteiger partial charge in [-0.25, -0.2) is 14.0 Å². The van der Waals surface area contributed by atoms with Gasteiger partial charge in [-0.3, -0.25) is 33.7 Å². The van der Waals surface area contributed by atoms with E-state index in [1.165, 1.54) is 37.8 Å². The second-order valence-electron chi connectivity index (χ2n) is 31.2. The van der Waals surface area contributed by atoms with Gasteiger partial charge in [-0.2, -0.15) is 0 Å². The van der Waals surface area contributed by atoms with Crippen molar-refractivity contribution in [2.45, 2.75) is 208 Å². The largest absolute Gasteiger partial charge is 0.390 e. The Morgan fingerprint density at radius 2 is 0.864 bits per heavy atom. The average molecular weight is 1790 g/mol. The number of carbonyl (C=O) groups excluding carboxylic acids is 6. The molecule has 3 aromatic heterocycles. The van der Waals surface area contributed by atoms with Crippen LogP contribution in [-0.4, -0.2) is 416 Å². The summed E-state index contributed by atoms with van der Waals surface area (Å²) in [5.74, 6) is -2.01. The maximum atomic E-state index is 14.2. The highest BCUT2D eigenvalue weighted by atomic mass is 16.8. The number of carbonyl (C=O) groups is 6. The van der Waals surface area contributed by atoms with Crippen molar-refractivity contribution < 1.29 is 159 Å². The Bertz CT molecular complexity index is 3650. The number of amides is 6. The molecule has 9 heterocycles. The number of hydrogen-bond acceptors (Lipinski definition) is 39. The average Bonchev–Trinajstić information content (AvgIpc) is 1.65. The molecule has 125 heavy (non-hydrogen) atoms. The highest BCUT2D eigenvalue weighted by Gasteiger charge is 2.60. The molecule has 5 fully saturated rings. The molecule has 0 aliphatic carbocycles. The molecule has 47 nitrogen and oxygen atoms in total. The van der Waals surface area contributed by atoms with Crippen LogP contribution in [0.2, 0.25) is 0 Å². The van der Waals surface area contributed by atoms with Crippen LogP contribution in [0.15, 0.2) is 30.7 Å². The molecule has 0 radical (unpaired) electrons. The molecule has 6 amide bonds. The first kappa shape index (κ1) is 102. The minimum absolute atomic E-state index is 0.0206. The van der Waals surface area contributed by atoms with Crippen molar-refractivity contribution in [1.29, 1.82) is 0 Å². The molecule has 0 spiro atoms. The van der Waals surface area contributed by atoms with E-state index in [0.29, 0.717) is 141 Å². The molecule has 15 unspecified atom stereocenters. The van der Waals surface area contributed by atoms with Crippen LogP contribution in [0.4, 0.5) is 0 Å². The minimum atomic E-state index is -1.57. The number of nitrogens with one attached hydrogen (secondary N) is 4. The van der Waals surface area contributed by atoms with Gasteiger partial charge in [-0.1, -0.05) is 28.5 Å². The van der Waals surface area contributed by atoms with Gasteiger partial charge in [0.15, 0.2) is 18.9 Å². The van der Waals surface area contributed by atoms with Gasteiger partial charge in [0.25, 0.3) is 11.8 Å². The lowest BCUT2D eigenvalue weighted by Gasteiger charge is -2.46. The minimum Gasteiger partial charge on any atom is -0.390 e. The molecule has 4 bridgehead atoms. The molecule has 47 heteroatoms. The fourth-order valence-corrected chi connectivity index (χ4v) is 14.1. The predicted molar refractivity (Wildman–Crippen MR) is 424 cm³/mol. The molecule has 6 aliphatic rings. The van der Waals surface area contributed by atoms with E-state index in [2.05, 4.69) is 52.2 Å². The second-order valence-corrected chi connectivity index (χ2v) is 31.2. The fraction of sp³-hybridized carbons (Fsp3) is 0.821. The van der Waals surface area contributed by atoms with Gasteiger partial charge in [-0.05, 0) is 32.6 Å². The van der Waals surface area contributed by atoms with Gasteiger partial charge >= 0.3 is 0 Å². The first-order chi connectivity index (χ1) is 60.5. The van der Waals surface area contributed by atoms with Crippen molar-refractivity contribution in [1.82, 2.24) is 71.1 Å².